The Morgan fingerprint density at radius 2 is 2.00 bits per heavy atom. The third kappa shape index (κ3) is 2.31. The molecule has 0 aliphatic carbocycles. The summed E-state index contributed by atoms with van der Waals surface area (Å²) in [5, 5.41) is 0.805. The summed E-state index contributed by atoms with van der Waals surface area (Å²) in [6, 6.07) is 4.95. The Morgan fingerprint density at radius 3 is 2.61 bits per heavy atom. The summed E-state index contributed by atoms with van der Waals surface area (Å²) in [4.78, 5) is 19.3. The molecule has 0 fully saturated rings. The Bertz CT molecular complexity index is 655. The number of nitrogens with one attached hydrogen (secondary N) is 1. The van der Waals surface area contributed by atoms with E-state index in [0.717, 1.165) is 0 Å². The van der Waals surface area contributed by atoms with Crippen LogP contribution in [0, 0.1) is 0 Å². The fourth-order valence-corrected chi connectivity index (χ4v) is 1.71. The molecule has 0 unspecified atom stereocenters. The van der Waals surface area contributed by atoms with Crippen molar-refractivity contribution in [3.05, 3.63) is 38.7 Å². The first-order chi connectivity index (χ1) is 8.52. The predicted octanol–water partition coefficient (Wildman–Crippen LogP) is 1.43. The molecule has 3 N–H and O–H groups in total. The Balaban J connectivity index is 2.66. The van der Waals surface area contributed by atoms with Crippen LogP contribution in [0.15, 0.2) is 23.0 Å². The van der Waals surface area contributed by atoms with Gasteiger partial charge in [-0.3, -0.25) is 9.99 Å². The minimum absolute atomic E-state index is 0.0409. The monoisotopic (exact) mass is 285 g/mol. The van der Waals surface area contributed by atoms with Crippen molar-refractivity contribution in [2.45, 2.75) is 0 Å². The Hall–Kier alpha value is -1.63. The molecule has 0 radical (unpaired) electrons. The molecule has 0 aliphatic heterocycles. The molecule has 1 aromatic heterocycles. The molecule has 6 nitrogen and oxygen atoms in total. The van der Waals surface area contributed by atoms with Gasteiger partial charge in [-0.05, 0) is 18.2 Å². The van der Waals surface area contributed by atoms with Gasteiger partial charge in [0.25, 0.3) is 0 Å². The molecule has 94 valence electrons. The number of anilines is 1. The Morgan fingerprint density at radius 1 is 1.28 bits per heavy atom. The first kappa shape index (κ1) is 12.8. The van der Waals surface area contributed by atoms with Crippen molar-refractivity contribution in [3.63, 3.8) is 0 Å². The van der Waals surface area contributed by atoms with Crippen LogP contribution in [-0.2, 0) is 7.05 Å². The van der Waals surface area contributed by atoms with Gasteiger partial charge >= 0.3 is 5.69 Å². The van der Waals surface area contributed by atoms with Crippen molar-refractivity contribution in [1.29, 1.82) is 0 Å². The molecule has 0 spiro atoms. The number of halogens is 2. The number of rotatable bonds is 2. The Kier molecular flexibility index (Phi) is 3.51. The molecule has 0 aliphatic rings. The molecular weight excluding hydrogens is 277 g/mol. The van der Waals surface area contributed by atoms with E-state index in [-0.39, 0.29) is 5.95 Å². The van der Waals surface area contributed by atoms with Crippen molar-refractivity contribution in [1.82, 2.24) is 14.5 Å². The van der Waals surface area contributed by atoms with E-state index in [0.29, 0.717) is 21.4 Å². The Labute approximate surface area is 112 Å². The molecule has 1 aromatic carbocycles. The highest BCUT2D eigenvalue weighted by Gasteiger charge is 2.10. The summed E-state index contributed by atoms with van der Waals surface area (Å²) in [6.45, 7) is 0. The average Bonchev–Trinajstić information content (AvgIpc) is 2.36. The van der Waals surface area contributed by atoms with Crippen LogP contribution in [0.25, 0.3) is 11.4 Å². The highest BCUT2D eigenvalue weighted by molar-refractivity contribution is 6.42. The number of nitrogens with two attached hydrogens (primary N) is 1. The van der Waals surface area contributed by atoms with Gasteiger partial charge in [-0.15, -0.1) is 0 Å². The van der Waals surface area contributed by atoms with Crippen molar-refractivity contribution in [3.8, 4) is 11.4 Å². The minimum atomic E-state index is -0.473. The second-order valence-corrected chi connectivity index (χ2v) is 4.30. The largest absolute Gasteiger partial charge is 0.352 e. The number of nitrogens with zero attached hydrogens (tertiary/aromatic N) is 3. The SMILES string of the molecule is Cn1c(-c2ccc(Cl)c(Cl)c2)nc(NN)nc1=O. The van der Waals surface area contributed by atoms with Gasteiger partial charge in [0.2, 0.25) is 5.95 Å². The third-order valence-corrected chi connectivity index (χ3v) is 3.06. The zero-order valence-corrected chi connectivity index (χ0v) is 10.8. The second kappa shape index (κ2) is 4.93. The van der Waals surface area contributed by atoms with Gasteiger partial charge in [0.15, 0.2) is 0 Å². The lowest BCUT2D eigenvalue weighted by atomic mass is 10.2. The van der Waals surface area contributed by atoms with Crippen LogP contribution >= 0.6 is 23.2 Å². The molecule has 2 aromatic rings. The van der Waals surface area contributed by atoms with E-state index in [1.807, 2.05) is 0 Å². The molecule has 0 saturated heterocycles. The van der Waals surface area contributed by atoms with E-state index in [4.69, 9.17) is 29.0 Å². The van der Waals surface area contributed by atoms with Gasteiger partial charge in [-0.25, -0.2) is 10.6 Å². The fraction of sp³-hybridized carbons (Fsp3) is 0.100. The molecule has 0 amide bonds. The quantitative estimate of drug-likeness (QED) is 0.644. The van der Waals surface area contributed by atoms with Gasteiger partial charge in [0.1, 0.15) is 5.82 Å². The van der Waals surface area contributed by atoms with E-state index >= 15 is 0 Å². The summed E-state index contributed by atoms with van der Waals surface area (Å²) in [6.07, 6.45) is 0. The highest BCUT2D eigenvalue weighted by atomic mass is 35.5. The van der Waals surface area contributed by atoms with Gasteiger partial charge < -0.3 is 0 Å². The number of benzene rings is 1. The van der Waals surface area contributed by atoms with E-state index in [2.05, 4.69) is 15.4 Å². The van der Waals surface area contributed by atoms with Crippen LogP contribution in [0.2, 0.25) is 10.0 Å². The summed E-state index contributed by atoms with van der Waals surface area (Å²) < 4.78 is 1.29. The highest BCUT2D eigenvalue weighted by Crippen LogP contribution is 2.27. The van der Waals surface area contributed by atoms with Gasteiger partial charge in [0, 0.05) is 12.6 Å². The number of aromatic nitrogens is 3. The zero-order valence-electron chi connectivity index (χ0n) is 9.32. The summed E-state index contributed by atoms with van der Waals surface area (Å²) in [5.41, 5.74) is 2.41. The van der Waals surface area contributed by atoms with E-state index < -0.39 is 5.69 Å². The molecule has 8 heteroatoms. The summed E-state index contributed by atoms with van der Waals surface area (Å²) in [5.74, 6) is 5.63. The van der Waals surface area contributed by atoms with Crippen LogP contribution < -0.4 is 17.0 Å². The first-order valence-corrected chi connectivity index (χ1v) is 5.65. The molecule has 18 heavy (non-hydrogen) atoms. The molecule has 1 heterocycles. The van der Waals surface area contributed by atoms with Crippen LogP contribution in [-0.4, -0.2) is 14.5 Å². The molecule has 0 bridgehead atoms. The lowest BCUT2D eigenvalue weighted by Gasteiger charge is -2.08. The lowest BCUT2D eigenvalue weighted by molar-refractivity contribution is 0.785. The van der Waals surface area contributed by atoms with E-state index in [9.17, 15) is 4.79 Å². The van der Waals surface area contributed by atoms with E-state index in [1.54, 1.807) is 25.2 Å². The average molecular weight is 286 g/mol. The van der Waals surface area contributed by atoms with E-state index in [1.165, 1.54) is 4.57 Å². The van der Waals surface area contributed by atoms with Crippen LogP contribution in [0.5, 0.6) is 0 Å². The zero-order chi connectivity index (χ0) is 13.3. The topological polar surface area (TPSA) is 85.8 Å². The van der Waals surface area contributed by atoms with Gasteiger partial charge in [-0.1, -0.05) is 23.2 Å². The normalized spacial score (nSPS) is 10.4. The minimum Gasteiger partial charge on any atom is -0.292 e. The van der Waals surface area contributed by atoms with Crippen molar-refractivity contribution in [2.24, 2.45) is 12.9 Å². The maximum atomic E-state index is 11.6. The first-order valence-electron chi connectivity index (χ1n) is 4.90. The van der Waals surface area contributed by atoms with Crippen molar-refractivity contribution in [2.75, 3.05) is 5.43 Å². The smallest absolute Gasteiger partial charge is 0.292 e. The third-order valence-electron chi connectivity index (χ3n) is 2.32. The molecule has 0 saturated carbocycles. The van der Waals surface area contributed by atoms with Gasteiger partial charge in [-0.2, -0.15) is 9.97 Å². The molecule has 2 rings (SSSR count). The fourth-order valence-electron chi connectivity index (χ4n) is 1.41. The number of hydrazine groups is 1. The second-order valence-electron chi connectivity index (χ2n) is 3.49. The predicted molar refractivity (Wildman–Crippen MR) is 70.5 cm³/mol. The van der Waals surface area contributed by atoms with Crippen LogP contribution in [0.3, 0.4) is 0 Å². The maximum absolute atomic E-state index is 11.6. The van der Waals surface area contributed by atoms with Gasteiger partial charge in [0.05, 0.1) is 10.0 Å². The summed E-state index contributed by atoms with van der Waals surface area (Å²) in [7, 11) is 1.56. The standard InChI is InChI=1S/C10H9Cl2N5O/c1-17-8(14-9(16-13)15-10(17)18)5-2-3-6(11)7(12)4-5/h2-4H,13H2,1H3,(H,15,16,18). The number of hydrogen-bond acceptors (Lipinski definition) is 5. The van der Waals surface area contributed by atoms with Crippen LogP contribution in [0.4, 0.5) is 5.95 Å². The molecule has 0 atom stereocenters. The van der Waals surface area contributed by atoms with Crippen molar-refractivity contribution < 1.29 is 0 Å². The lowest BCUT2D eigenvalue weighted by Crippen LogP contribution is -2.26. The van der Waals surface area contributed by atoms with Crippen molar-refractivity contribution >= 4 is 29.2 Å². The number of nitrogen functional groups attached to an aromatic ring is 1. The molecular formula is C10H9Cl2N5O. The summed E-state index contributed by atoms with van der Waals surface area (Å²) >= 11 is 11.8. The number of hydrogen-bond donors (Lipinski definition) is 2. The van der Waals surface area contributed by atoms with Crippen LogP contribution in [0.1, 0.15) is 0 Å². The maximum Gasteiger partial charge on any atom is 0.352 e.